The molecule has 2 rings (SSSR count). The largest absolute Gasteiger partial charge is 0.494 e. The molecule has 0 saturated carbocycles. The van der Waals surface area contributed by atoms with Crippen molar-refractivity contribution in [3.05, 3.63) is 35.0 Å². The van der Waals surface area contributed by atoms with Crippen LogP contribution in [0.25, 0.3) is 10.9 Å². The second-order valence-electron chi connectivity index (χ2n) is 3.21. The first-order chi connectivity index (χ1) is 7.76. The Hall–Kier alpha value is -1.79. The Morgan fingerprint density at radius 2 is 2.31 bits per heavy atom. The lowest BCUT2D eigenvalue weighted by atomic mass is 10.1. The highest BCUT2D eigenvalue weighted by molar-refractivity contribution is 6.36. The lowest BCUT2D eigenvalue weighted by Crippen LogP contribution is -1.92. The molecule has 0 aliphatic rings. The van der Waals surface area contributed by atoms with E-state index < -0.39 is 0 Å². The van der Waals surface area contributed by atoms with Crippen molar-refractivity contribution in [2.45, 2.75) is 6.92 Å². The smallest absolute Gasteiger partial charge is 0.120 e. The molecule has 0 amide bonds. The number of ether oxygens (including phenoxy) is 1. The molecule has 0 fully saturated rings. The first-order valence-electron chi connectivity index (χ1n) is 4.87. The van der Waals surface area contributed by atoms with Crippen LogP contribution in [0, 0.1) is 11.3 Å². The Morgan fingerprint density at radius 3 is 3.00 bits per heavy atom. The molecular formula is C12H9ClN2O. The van der Waals surface area contributed by atoms with Gasteiger partial charge >= 0.3 is 0 Å². The van der Waals surface area contributed by atoms with Crippen molar-refractivity contribution < 1.29 is 4.74 Å². The molecule has 1 heterocycles. The number of pyridine rings is 1. The van der Waals surface area contributed by atoms with Crippen LogP contribution in [-0.2, 0) is 0 Å². The van der Waals surface area contributed by atoms with Gasteiger partial charge in [-0.25, -0.2) is 0 Å². The van der Waals surface area contributed by atoms with Gasteiger partial charge < -0.3 is 4.74 Å². The van der Waals surface area contributed by atoms with Crippen LogP contribution in [0.5, 0.6) is 5.75 Å². The first kappa shape index (κ1) is 10.7. The predicted octanol–water partition coefficient (Wildman–Crippen LogP) is 3.16. The molecule has 0 bridgehead atoms. The second-order valence-corrected chi connectivity index (χ2v) is 3.59. The standard InChI is InChI=1S/C12H9ClN2O/c1-2-16-9-3-4-11-10(5-9)12(13)8(6-14)7-15-11/h3-5,7H,2H2,1H3. The zero-order valence-electron chi connectivity index (χ0n) is 8.70. The molecule has 3 nitrogen and oxygen atoms in total. The Labute approximate surface area is 98.2 Å². The highest BCUT2D eigenvalue weighted by Crippen LogP contribution is 2.28. The molecule has 0 aliphatic heterocycles. The van der Waals surface area contributed by atoms with Crippen LogP contribution in [0.15, 0.2) is 24.4 Å². The lowest BCUT2D eigenvalue weighted by molar-refractivity contribution is 0.340. The van der Waals surface area contributed by atoms with Crippen LogP contribution < -0.4 is 4.74 Å². The van der Waals surface area contributed by atoms with Crippen LogP contribution in [0.3, 0.4) is 0 Å². The molecule has 1 aromatic heterocycles. The van der Waals surface area contributed by atoms with Crippen LogP contribution in [-0.4, -0.2) is 11.6 Å². The third kappa shape index (κ3) is 1.80. The molecule has 0 N–H and O–H groups in total. The fraction of sp³-hybridized carbons (Fsp3) is 0.167. The highest BCUT2D eigenvalue weighted by Gasteiger charge is 2.07. The summed E-state index contributed by atoms with van der Waals surface area (Å²) < 4.78 is 5.37. The van der Waals surface area contributed by atoms with Crippen molar-refractivity contribution in [3.8, 4) is 11.8 Å². The molecular weight excluding hydrogens is 224 g/mol. The van der Waals surface area contributed by atoms with Crippen molar-refractivity contribution in [3.63, 3.8) is 0 Å². The Kier molecular flexibility index (Phi) is 2.93. The maximum Gasteiger partial charge on any atom is 0.120 e. The van der Waals surface area contributed by atoms with E-state index in [9.17, 15) is 0 Å². The summed E-state index contributed by atoms with van der Waals surface area (Å²) in [6.45, 7) is 2.50. The van der Waals surface area contributed by atoms with Crippen LogP contribution in [0.2, 0.25) is 5.02 Å². The number of hydrogen-bond acceptors (Lipinski definition) is 3. The highest BCUT2D eigenvalue weighted by atomic mass is 35.5. The van der Waals surface area contributed by atoms with Crippen LogP contribution >= 0.6 is 11.6 Å². The number of aromatic nitrogens is 1. The monoisotopic (exact) mass is 232 g/mol. The lowest BCUT2D eigenvalue weighted by Gasteiger charge is -2.05. The van der Waals surface area contributed by atoms with Gasteiger partial charge in [0, 0.05) is 11.6 Å². The number of halogens is 1. The van der Waals surface area contributed by atoms with E-state index in [1.165, 1.54) is 6.20 Å². The maximum atomic E-state index is 8.84. The molecule has 0 atom stereocenters. The zero-order chi connectivity index (χ0) is 11.5. The molecule has 0 spiro atoms. The summed E-state index contributed by atoms with van der Waals surface area (Å²) in [7, 11) is 0. The summed E-state index contributed by atoms with van der Waals surface area (Å²) >= 11 is 6.10. The van der Waals surface area contributed by atoms with E-state index in [4.69, 9.17) is 21.6 Å². The fourth-order valence-electron chi connectivity index (χ4n) is 1.47. The average Bonchev–Trinajstić information content (AvgIpc) is 2.31. The molecule has 0 aliphatic carbocycles. The van der Waals surface area contributed by atoms with Crippen molar-refractivity contribution in [2.24, 2.45) is 0 Å². The first-order valence-corrected chi connectivity index (χ1v) is 5.25. The quantitative estimate of drug-likeness (QED) is 0.799. The summed E-state index contributed by atoms with van der Waals surface area (Å²) in [5, 5.41) is 10.0. The topological polar surface area (TPSA) is 45.9 Å². The zero-order valence-corrected chi connectivity index (χ0v) is 9.45. The summed E-state index contributed by atoms with van der Waals surface area (Å²) in [5.41, 5.74) is 1.13. The van der Waals surface area contributed by atoms with Gasteiger partial charge in [0.15, 0.2) is 0 Å². The Balaban J connectivity index is 2.66. The van der Waals surface area contributed by atoms with Crippen molar-refractivity contribution in [1.29, 1.82) is 5.26 Å². The Bertz CT molecular complexity index is 575. The van der Waals surface area contributed by atoms with E-state index in [-0.39, 0.29) is 0 Å². The summed E-state index contributed by atoms with van der Waals surface area (Å²) in [5.74, 6) is 0.730. The van der Waals surface area contributed by atoms with Crippen LogP contribution in [0.1, 0.15) is 12.5 Å². The maximum absolute atomic E-state index is 8.84. The van der Waals surface area contributed by atoms with E-state index in [1.54, 1.807) is 6.07 Å². The van der Waals surface area contributed by atoms with Crippen molar-refractivity contribution >= 4 is 22.5 Å². The third-order valence-electron chi connectivity index (χ3n) is 2.21. The van der Waals surface area contributed by atoms with Gasteiger partial charge in [0.2, 0.25) is 0 Å². The van der Waals surface area contributed by atoms with Crippen LogP contribution in [0.4, 0.5) is 0 Å². The fourth-order valence-corrected chi connectivity index (χ4v) is 1.72. The summed E-state index contributed by atoms with van der Waals surface area (Å²) in [6.07, 6.45) is 1.48. The number of benzene rings is 1. The molecule has 16 heavy (non-hydrogen) atoms. The second kappa shape index (κ2) is 4.38. The number of hydrogen-bond donors (Lipinski definition) is 0. The average molecular weight is 233 g/mol. The molecule has 0 radical (unpaired) electrons. The number of fused-ring (bicyclic) bond motifs is 1. The van der Waals surface area contributed by atoms with Gasteiger partial charge in [-0.15, -0.1) is 0 Å². The van der Waals surface area contributed by atoms with Gasteiger partial charge in [-0.2, -0.15) is 5.26 Å². The minimum absolute atomic E-state index is 0.378. The van der Waals surface area contributed by atoms with Crippen molar-refractivity contribution in [1.82, 2.24) is 4.98 Å². The minimum Gasteiger partial charge on any atom is -0.494 e. The van der Waals surface area contributed by atoms with E-state index in [1.807, 2.05) is 25.1 Å². The van der Waals surface area contributed by atoms with Gasteiger partial charge in [-0.1, -0.05) is 11.6 Å². The SMILES string of the molecule is CCOc1ccc2ncc(C#N)c(Cl)c2c1. The van der Waals surface area contributed by atoms with E-state index in [0.717, 1.165) is 16.7 Å². The summed E-state index contributed by atoms with van der Waals surface area (Å²) in [4.78, 5) is 4.15. The summed E-state index contributed by atoms with van der Waals surface area (Å²) in [6, 6.07) is 7.47. The number of rotatable bonds is 2. The molecule has 2 aromatic rings. The third-order valence-corrected chi connectivity index (χ3v) is 2.61. The van der Waals surface area contributed by atoms with Crippen molar-refractivity contribution in [2.75, 3.05) is 6.61 Å². The normalized spacial score (nSPS) is 10.1. The number of nitriles is 1. The molecule has 4 heteroatoms. The number of nitrogens with zero attached hydrogens (tertiary/aromatic N) is 2. The minimum atomic E-state index is 0.378. The predicted molar refractivity (Wildman–Crippen MR) is 62.6 cm³/mol. The Morgan fingerprint density at radius 1 is 1.50 bits per heavy atom. The van der Waals surface area contributed by atoms with E-state index in [0.29, 0.717) is 17.2 Å². The van der Waals surface area contributed by atoms with Gasteiger partial charge in [-0.3, -0.25) is 4.98 Å². The molecule has 80 valence electrons. The van der Waals surface area contributed by atoms with E-state index in [2.05, 4.69) is 4.98 Å². The molecule has 0 unspecified atom stereocenters. The molecule has 1 aromatic carbocycles. The van der Waals surface area contributed by atoms with Gasteiger partial charge in [0.1, 0.15) is 11.8 Å². The van der Waals surface area contributed by atoms with Gasteiger partial charge in [0.25, 0.3) is 0 Å². The van der Waals surface area contributed by atoms with Gasteiger partial charge in [-0.05, 0) is 25.1 Å². The van der Waals surface area contributed by atoms with E-state index >= 15 is 0 Å². The van der Waals surface area contributed by atoms with Gasteiger partial charge in [0.05, 0.1) is 22.7 Å². The molecule has 0 saturated heterocycles.